The van der Waals surface area contributed by atoms with E-state index in [0.29, 0.717) is 0 Å². The van der Waals surface area contributed by atoms with Crippen LogP contribution in [0.2, 0.25) is 0 Å². The van der Waals surface area contributed by atoms with Crippen LogP contribution in [0.25, 0.3) is 0 Å². The summed E-state index contributed by atoms with van der Waals surface area (Å²) in [7, 11) is 0. The maximum Gasteiger partial charge on any atom is 0.250 e. The second kappa shape index (κ2) is 3.75. The third kappa shape index (κ3) is 1.75. The van der Waals surface area contributed by atoms with Gasteiger partial charge in [0.15, 0.2) is 0 Å². The molecule has 0 spiro atoms. The van der Waals surface area contributed by atoms with E-state index < -0.39 is 6.04 Å². The Morgan fingerprint density at radius 2 is 2.43 bits per heavy atom. The van der Waals surface area contributed by atoms with Crippen molar-refractivity contribution in [3.05, 3.63) is 45.6 Å². The molecule has 2 aliphatic rings. The average Bonchev–Trinajstić information content (AvgIpc) is 2.41. The van der Waals surface area contributed by atoms with Gasteiger partial charge in [-0.25, -0.2) is 0 Å². The summed E-state index contributed by atoms with van der Waals surface area (Å²) in [6.07, 6.45) is 8.20. The molecule has 0 aromatic heterocycles. The monoisotopic (exact) mass is 192 g/mol. The molecule has 1 aliphatic heterocycles. The summed E-state index contributed by atoms with van der Waals surface area (Å²) in [6.45, 7) is 1.74. The smallest absolute Gasteiger partial charge is 0.250 e. The zero-order chi connectivity index (χ0) is 9.97. The van der Waals surface area contributed by atoms with Gasteiger partial charge < -0.3 is 5.32 Å². The van der Waals surface area contributed by atoms with Gasteiger partial charge >= 0.3 is 0 Å². The van der Waals surface area contributed by atoms with Crippen molar-refractivity contribution in [2.45, 2.75) is 12.5 Å². The second-order valence-electron chi connectivity index (χ2n) is 3.44. The van der Waals surface area contributed by atoms with Crippen LogP contribution in [-0.2, 0) is 0 Å². The van der Waals surface area contributed by atoms with Crippen molar-refractivity contribution in [1.82, 2.24) is 5.32 Å². The second-order valence-corrected chi connectivity index (χ2v) is 3.44. The molecule has 74 valence electrons. The quantitative estimate of drug-likeness (QED) is 0.499. The van der Waals surface area contributed by atoms with Crippen molar-refractivity contribution in [1.29, 1.82) is 0 Å². The molecule has 0 aromatic rings. The van der Waals surface area contributed by atoms with E-state index in [4.69, 9.17) is 0 Å². The molecule has 1 N–H and O–H groups in total. The van der Waals surface area contributed by atoms with Gasteiger partial charge in [-0.15, -0.1) is 0 Å². The van der Waals surface area contributed by atoms with Gasteiger partial charge in [-0.05, 0) is 36.3 Å². The first-order chi connectivity index (χ1) is 6.77. The number of hydrogen-bond donors (Lipinski definition) is 1. The fourth-order valence-corrected chi connectivity index (χ4v) is 1.73. The normalized spacial score (nSPS) is 25.9. The molecule has 1 aliphatic carbocycles. The Labute approximate surface area is 82.1 Å². The minimum atomic E-state index is -0.639. The first kappa shape index (κ1) is 9.15. The van der Waals surface area contributed by atoms with Crippen molar-refractivity contribution in [2.75, 3.05) is 13.1 Å². The third-order valence-electron chi connectivity index (χ3n) is 2.50. The largest absolute Gasteiger partial charge is 0.313 e. The third-order valence-corrected chi connectivity index (χ3v) is 2.50. The van der Waals surface area contributed by atoms with Crippen LogP contribution in [0.1, 0.15) is 6.42 Å². The minimum absolute atomic E-state index is 0.265. The van der Waals surface area contributed by atoms with Gasteiger partial charge in [0.2, 0.25) is 6.04 Å². The first-order valence-corrected chi connectivity index (χ1v) is 4.71. The van der Waals surface area contributed by atoms with E-state index in [-0.39, 0.29) is 4.92 Å². The van der Waals surface area contributed by atoms with Crippen LogP contribution in [0.3, 0.4) is 0 Å². The Morgan fingerprint density at radius 1 is 1.57 bits per heavy atom. The van der Waals surface area contributed by atoms with E-state index in [1.165, 1.54) is 0 Å². The van der Waals surface area contributed by atoms with Crippen LogP contribution in [0.5, 0.6) is 0 Å². The topological polar surface area (TPSA) is 55.2 Å². The molecule has 4 nitrogen and oxygen atoms in total. The van der Waals surface area contributed by atoms with Gasteiger partial charge in [0, 0.05) is 11.5 Å². The van der Waals surface area contributed by atoms with Crippen LogP contribution in [-0.4, -0.2) is 24.1 Å². The number of hydrogen-bond acceptors (Lipinski definition) is 3. The van der Waals surface area contributed by atoms with Crippen molar-refractivity contribution in [3.8, 4) is 0 Å². The van der Waals surface area contributed by atoms with E-state index in [1.807, 2.05) is 6.08 Å². The molecule has 0 aromatic carbocycles. The number of nitrogens with one attached hydrogen (secondary N) is 1. The van der Waals surface area contributed by atoms with Gasteiger partial charge in [-0.1, -0.05) is 12.2 Å². The standard InChI is InChI=1S/C10H12N2O2/c13-12(14)10-2-1-8-3-5-11-6-4-9(8)7-10/h1-3,7,10-11H,4-6H2. The number of nitro groups is 1. The van der Waals surface area contributed by atoms with Crippen LogP contribution < -0.4 is 5.32 Å². The highest BCUT2D eigenvalue weighted by Gasteiger charge is 2.20. The van der Waals surface area contributed by atoms with Gasteiger partial charge in [0.25, 0.3) is 0 Å². The van der Waals surface area contributed by atoms with E-state index in [1.54, 1.807) is 12.2 Å². The molecule has 4 heteroatoms. The molecule has 0 bridgehead atoms. The average molecular weight is 192 g/mol. The summed E-state index contributed by atoms with van der Waals surface area (Å²) in [5, 5.41) is 13.8. The van der Waals surface area contributed by atoms with Crippen molar-refractivity contribution >= 4 is 0 Å². The highest BCUT2D eigenvalue weighted by atomic mass is 16.6. The van der Waals surface area contributed by atoms with E-state index >= 15 is 0 Å². The van der Waals surface area contributed by atoms with Crippen molar-refractivity contribution in [2.24, 2.45) is 0 Å². The van der Waals surface area contributed by atoms with Crippen LogP contribution in [0.15, 0.2) is 35.5 Å². The highest BCUT2D eigenvalue weighted by molar-refractivity contribution is 5.45. The van der Waals surface area contributed by atoms with Crippen molar-refractivity contribution in [3.63, 3.8) is 0 Å². The molecule has 14 heavy (non-hydrogen) atoms. The lowest BCUT2D eigenvalue weighted by molar-refractivity contribution is -0.496. The predicted octanol–water partition coefficient (Wildman–Crippen LogP) is 1.05. The molecular weight excluding hydrogens is 180 g/mol. The Balaban J connectivity index is 2.25. The van der Waals surface area contributed by atoms with Crippen molar-refractivity contribution < 1.29 is 4.92 Å². The SMILES string of the molecule is O=[N+]([O-])C1C=CC2=CCNCCC2=C1. The van der Waals surface area contributed by atoms with Gasteiger partial charge in [0.1, 0.15) is 0 Å². The fourth-order valence-electron chi connectivity index (χ4n) is 1.73. The predicted molar refractivity (Wildman–Crippen MR) is 53.6 cm³/mol. The lowest BCUT2D eigenvalue weighted by atomic mass is 9.95. The van der Waals surface area contributed by atoms with Gasteiger partial charge in [-0.2, -0.15) is 0 Å². The minimum Gasteiger partial charge on any atom is -0.313 e. The van der Waals surface area contributed by atoms with E-state index in [9.17, 15) is 10.1 Å². The molecule has 0 fully saturated rings. The molecule has 2 rings (SSSR count). The number of rotatable bonds is 1. The highest BCUT2D eigenvalue weighted by Crippen LogP contribution is 2.23. The molecule has 1 unspecified atom stereocenters. The summed E-state index contributed by atoms with van der Waals surface area (Å²) in [5.74, 6) is 0. The summed E-state index contributed by atoms with van der Waals surface area (Å²) in [5.41, 5.74) is 2.23. The maximum atomic E-state index is 10.6. The summed E-state index contributed by atoms with van der Waals surface area (Å²) in [4.78, 5) is 10.3. The Hall–Kier alpha value is -1.42. The zero-order valence-electron chi connectivity index (χ0n) is 7.77. The van der Waals surface area contributed by atoms with Crippen LogP contribution in [0.4, 0.5) is 0 Å². The molecular formula is C10H12N2O2. The van der Waals surface area contributed by atoms with Crippen LogP contribution >= 0.6 is 0 Å². The summed E-state index contributed by atoms with van der Waals surface area (Å²) in [6, 6.07) is -0.639. The first-order valence-electron chi connectivity index (χ1n) is 4.71. The number of nitrogens with zero attached hydrogens (tertiary/aromatic N) is 1. The molecule has 0 amide bonds. The molecule has 0 saturated heterocycles. The number of allylic oxidation sites excluding steroid dienone is 2. The molecule has 1 heterocycles. The Bertz CT molecular complexity index is 342. The number of fused-ring (bicyclic) bond motifs is 1. The fraction of sp³-hybridized carbons (Fsp3) is 0.400. The Morgan fingerprint density at radius 3 is 3.21 bits per heavy atom. The summed E-state index contributed by atoms with van der Waals surface area (Å²) >= 11 is 0. The lowest BCUT2D eigenvalue weighted by Gasteiger charge is -2.12. The summed E-state index contributed by atoms with van der Waals surface area (Å²) < 4.78 is 0. The van der Waals surface area contributed by atoms with Crippen LogP contribution in [0, 0.1) is 10.1 Å². The Kier molecular flexibility index (Phi) is 2.45. The van der Waals surface area contributed by atoms with Gasteiger partial charge in [0.05, 0.1) is 0 Å². The van der Waals surface area contributed by atoms with E-state index in [2.05, 4.69) is 11.4 Å². The maximum absolute atomic E-state index is 10.6. The zero-order valence-corrected chi connectivity index (χ0v) is 7.77. The van der Waals surface area contributed by atoms with Gasteiger partial charge in [-0.3, -0.25) is 10.1 Å². The molecule has 0 radical (unpaired) electrons. The van der Waals surface area contributed by atoms with E-state index in [0.717, 1.165) is 30.7 Å². The molecule has 1 atom stereocenters. The lowest BCUT2D eigenvalue weighted by Crippen LogP contribution is -2.17. The molecule has 0 saturated carbocycles.